The molecular formula is C27H29N7O2. The summed E-state index contributed by atoms with van der Waals surface area (Å²) in [6.07, 6.45) is 5.40. The van der Waals surface area contributed by atoms with Gasteiger partial charge in [0.15, 0.2) is 0 Å². The van der Waals surface area contributed by atoms with E-state index in [0.29, 0.717) is 13.1 Å². The molecular weight excluding hydrogens is 454 g/mol. The molecule has 2 bridgehead atoms. The molecule has 2 aliphatic heterocycles. The number of amides is 1. The van der Waals surface area contributed by atoms with Gasteiger partial charge >= 0.3 is 0 Å². The summed E-state index contributed by atoms with van der Waals surface area (Å²) in [6.45, 7) is 4.93. The Morgan fingerprint density at radius 1 is 1.06 bits per heavy atom. The molecule has 1 aromatic carbocycles. The quantitative estimate of drug-likeness (QED) is 0.435. The summed E-state index contributed by atoms with van der Waals surface area (Å²) in [4.78, 5) is 30.6. The van der Waals surface area contributed by atoms with E-state index in [0.717, 1.165) is 35.1 Å². The summed E-state index contributed by atoms with van der Waals surface area (Å²) in [7, 11) is 0. The van der Waals surface area contributed by atoms with Crippen molar-refractivity contribution in [1.29, 1.82) is 0 Å². The van der Waals surface area contributed by atoms with Crippen molar-refractivity contribution >= 4 is 23.3 Å². The number of carbonyl (C=O) groups excluding carboxylic acids is 1. The fourth-order valence-electron chi connectivity index (χ4n) is 5.40. The summed E-state index contributed by atoms with van der Waals surface area (Å²) < 4.78 is 2.00. The molecule has 6 rings (SSSR count). The Hall–Kier alpha value is -3.98. The third-order valence-electron chi connectivity index (χ3n) is 7.23. The molecule has 0 radical (unpaired) electrons. The van der Waals surface area contributed by atoms with Gasteiger partial charge in [-0.25, -0.2) is 15.0 Å². The van der Waals surface area contributed by atoms with Gasteiger partial charge in [-0.15, -0.1) is 0 Å². The SMILES string of the molecule is C[C@H](O)C(=O)N1CC2CC1CN2c1nc(-c2ccnc(N[C@@H](C)c3ccccc3)c2)cc2nccn12. The lowest BCUT2D eigenvalue weighted by Gasteiger charge is -2.35. The molecule has 1 amide bonds. The summed E-state index contributed by atoms with van der Waals surface area (Å²) in [5.74, 6) is 1.40. The number of benzene rings is 1. The van der Waals surface area contributed by atoms with Gasteiger partial charge in [0.25, 0.3) is 5.91 Å². The van der Waals surface area contributed by atoms with Crippen molar-refractivity contribution in [2.24, 2.45) is 0 Å². The van der Waals surface area contributed by atoms with E-state index in [1.165, 1.54) is 12.5 Å². The number of hydrogen-bond acceptors (Lipinski definition) is 7. The van der Waals surface area contributed by atoms with Crippen molar-refractivity contribution in [2.45, 2.75) is 44.5 Å². The molecule has 4 atom stereocenters. The lowest BCUT2D eigenvalue weighted by Crippen LogP contribution is -2.51. The molecule has 9 heteroatoms. The maximum absolute atomic E-state index is 12.4. The van der Waals surface area contributed by atoms with Crippen molar-refractivity contribution in [2.75, 3.05) is 23.3 Å². The number of nitrogens with zero attached hydrogens (tertiary/aromatic N) is 6. The summed E-state index contributed by atoms with van der Waals surface area (Å²) in [5.41, 5.74) is 3.78. The van der Waals surface area contributed by atoms with Gasteiger partial charge in [0.2, 0.25) is 5.95 Å². The van der Waals surface area contributed by atoms with E-state index in [1.807, 2.05) is 51.9 Å². The van der Waals surface area contributed by atoms with Crippen molar-refractivity contribution in [1.82, 2.24) is 24.3 Å². The first-order chi connectivity index (χ1) is 17.5. The van der Waals surface area contributed by atoms with Crippen LogP contribution in [0.1, 0.15) is 31.9 Å². The molecule has 0 aliphatic carbocycles. The first-order valence-electron chi connectivity index (χ1n) is 12.3. The van der Waals surface area contributed by atoms with E-state index in [-0.39, 0.29) is 24.0 Å². The predicted molar refractivity (Wildman–Crippen MR) is 138 cm³/mol. The highest BCUT2D eigenvalue weighted by Crippen LogP contribution is 2.35. The minimum absolute atomic E-state index is 0.0809. The van der Waals surface area contributed by atoms with E-state index >= 15 is 0 Å². The Kier molecular flexibility index (Phi) is 5.56. The maximum atomic E-state index is 12.4. The number of nitrogens with one attached hydrogen (secondary N) is 1. The Morgan fingerprint density at radius 3 is 2.64 bits per heavy atom. The van der Waals surface area contributed by atoms with Crippen molar-refractivity contribution in [3.05, 3.63) is 72.7 Å². The van der Waals surface area contributed by atoms with E-state index in [1.54, 1.807) is 12.4 Å². The number of pyridine rings is 1. The highest BCUT2D eigenvalue weighted by Gasteiger charge is 2.47. The smallest absolute Gasteiger partial charge is 0.251 e. The van der Waals surface area contributed by atoms with Crippen molar-refractivity contribution in [3.8, 4) is 11.3 Å². The van der Waals surface area contributed by atoms with Crippen LogP contribution in [0, 0.1) is 0 Å². The second-order valence-electron chi connectivity index (χ2n) is 9.67. The van der Waals surface area contributed by atoms with Crippen LogP contribution >= 0.6 is 0 Å². The number of fused-ring (bicyclic) bond motifs is 3. The third-order valence-corrected chi connectivity index (χ3v) is 7.23. The number of hydrogen-bond donors (Lipinski definition) is 2. The Balaban J connectivity index is 1.29. The lowest BCUT2D eigenvalue weighted by atomic mass is 10.1. The number of carbonyl (C=O) groups is 1. The molecule has 9 nitrogen and oxygen atoms in total. The van der Waals surface area contributed by atoms with Crippen LogP contribution in [0.3, 0.4) is 0 Å². The van der Waals surface area contributed by atoms with Crippen LogP contribution < -0.4 is 10.2 Å². The van der Waals surface area contributed by atoms with Crippen LogP contribution in [-0.2, 0) is 4.79 Å². The molecule has 0 spiro atoms. The lowest BCUT2D eigenvalue weighted by molar-refractivity contribution is -0.140. The average molecular weight is 484 g/mol. The predicted octanol–water partition coefficient (Wildman–Crippen LogP) is 3.13. The second kappa shape index (κ2) is 8.91. The number of imidazole rings is 1. The zero-order chi connectivity index (χ0) is 24.8. The number of anilines is 2. The van der Waals surface area contributed by atoms with E-state index in [4.69, 9.17) is 4.98 Å². The Labute approximate surface area is 209 Å². The van der Waals surface area contributed by atoms with Crippen molar-refractivity contribution in [3.63, 3.8) is 0 Å². The number of aromatic nitrogens is 4. The number of rotatable bonds is 6. The van der Waals surface area contributed by atoms with E-state index < -0.39 is 6.10 Å². The van der Waals surface area contributed by atoms with Gasteiger partial charge in [0, 0.05) is 49.4 Å². The van der Waals surface area contributed by atoms with Gasteiger partial charge in [-0.2, -0.15) is 0 Å². The molecule has 36 heavy (non-hydrogen) atoms. The monoisotopic (exact) mass is 483 g/mol. The molecule has 2 N–H and O–H groups in total. The van der Waals surface area contributed by atoms with Gasteiger partial charge in [0.1, 0.15) is 17.6 Å². The van der Waals surface area contributed by atoms with Crippen LogP contribution in [0.25, 0.3) is 16.9 Å². The van der Waals surface area contributed by atoms with Crippen LogP contribution in [0.4, 0.5) is 11.8 Å². The Bertz CT molecular complexity index is 1400. The highest BCUT2D eigenvalue weighted by molar-refractivity contribution is 5.81. The molecule has 2 fully saturated rings. The zero-order valence-electron chi connectivity index (χ0n) is 20.3. The van der Waals surface area contributed by atoms with Gasteiger partial charge in [-0.3, -0.25) is 9.20 Å². The minimum Gasteiger partial charge on any atom is -0.384 e. The molecule has 0 saturated carbocycles. The molecule has 2 aliphatic rings. The first kappa shape index (κ1) is 22.5. The van der Waals surface area contributed by atoms with E-state index in [9.17, 15) is 9.90 Å². The topological polar surface area (TPSA) is 98.9 Å². The second-order valence-corrected chi connectivity index (χ2v) is 9.67. The average Bonchev–Trinajstić information content (AvgIpc) is 3.64. The van der Waals surface area contributed by atoms with Crippen LogP contribution in [0.5, 0.6) is 0 Å². The normalized spacial score (nSPS) is 20.6. The number of piperazine rings is 1. The molecule has 4 aromatic rings. The molecule has 2 unspecified atom stereocenters. The van der Waals surface area contributed by atoms with Crippen LogP contribution in [-0.4, -0.2) is 66.5 Å². The molecule has 184 valence electrons. The largest absolute Gasteiger partial charge is 0.384 e. The summed E-state index contributed by atoms with van der Waals surface area (Å²) >= 11 is 0. The maximum Gasteiger partial charge on any atom is 0.251 e. The molecule has 2 saturated heterocycles. The van der Waals surface area contributed by atoms with Crippen LogP contribution in [0.15, 0.2) is 67.1 Å². The first-order valence-corrected chi connectivity index (χ1v) is 12.3. The number of aliphatic hydroxyl groups is 1. The number of aliphatic hydroxyl groups excluding tert-OH is 1. The fraction of sp³-hybridized carbons (Fsp3) is 0.333. The summed E-state index contributed by atoms with van der Waals surface area (Å²) in [6, 6.07) is 16.6. The zero-order valence-corrected chi connectivity index (χ0v) is 20.3. The molecule has 5 heterocycles. The molecule has 3 aromatic heterocycles. The fourth-order valence-corrected chi connectivity index (χ4v) is 5.40. The van der Waals surface area contributed by atoms with Crippen LogP contribution in [0.2, 0.25) is 0 Å². The van der Waals surface area contributed by atoms with Gasteiger partial charge in [0.05, 0.1) is 17.8 Å². The Morgan fingerprint density at radius 2 is 1.89 bits per heavy atom. The standard InChI is InChI=1S/C27H29N7O2/c1-17(19-6-4-3-5-7-19)30-24-12-20(8-9-28-24)23-14-25-29-10-11-32(25)27(31-23)34-16-21-13-22(34)15-33(21)26(36)18(2)35/h3-12,14,17-18,21-22,35H,13,15-16H2,1-2H3,(H,28,30)/t17-,18-,21?,22?/m0/s1. The van der Waals surface area contributed by atoms with Crippen molar-refractivity contribution < 1.29 is 9.90 Å². The van der Waals surface area contributed by atoms with E-state index in [2.05, 4.69) is 39.2 Å². The minimum atomic E-state index is -0.973. The summed E-state index contributed by atoms with van der Waals surface area (Å²) in [5, 5.41) is 13.3. The highest BCUT2D eigenvalue weighted by atomic mass is 16.3. The van der Waals surface area contributed by atoms with Gasteiger partial charge < -0.3 is 20.2 Å². The number of likely N-dealkylation sites (tertiary alicyclic amines) is 1. The van der Waals surface area contributed by atoms with Gasteiger partial charge in [-0.05, 0) is 38.0 Å². The third kappa shape index (κ3) is 3.95. The van der Waals surface area contributed by atoms with Gasteiger partial charge in [-0.1, -0.05) is 30.3 Å².